The molecule has 0 spiro atoms. The summed E-state index contributed by atoms with van der Waals surface area (Å²) in [4.78, 5) is 65.9. The molecule has 0 radical (unpaired) electrons. The van der Waals surface area contributed by atoms with Gasteiger partial charge in [0.05, 0.1) is 0 Å². The van der Waals surface area contributed by atoms with Crippen LogP contribution in [0.4, 0.5) is 11.6 Å². The molecule has 16 nitrogen and oxygen atoms in total. The first-order chi connectivity index (χ1) is 15.2. The summed E-state index contributed by atoms with van der Waals surface area (Å²) in [6.45, 7) is 0. The zero-order valence-electron chi connectivity index (χ0n) is 15.2. The van der Waals surface area contributed by atoms with Crippen molar-refractivity contribution >= 4 is 58.1 Å². The minimum absolute atomic E-state index is 0.357. The number of nitrogens with one attached hydrogen (secondary N) is 4. The topological polar surface area (TPSA) is 251 Å². The maximum absolute atomic E-state index is 12.2. The number of nitrogens with zero attached hydrogens (tertiary/aromatic N) is 4. The third-order valence-corrected chi connectivity index (χ3v) is 4.46. The van der Waals surface area contributed by atoms with Crippen LogP contribution >= 0.6 is 0 Å². The molecule has 0 amide bonds. The van der Waals surface area contributed by atoms with Gasteiger partial charge in [-0.25, -0.2) is 20.0 Å². The fraction of sp³-hybridized carbons (Fsp3) is 0. The first-order valence-corrected chi connectivity index (χ1v) is 8.50. The van der Waals surface area contributed by atoms with E-state index >= 15 is 0 Å². The number of aliphatic imine (C=N–C) groups is 4. The summed E-state index contributed by atoms with van der Waals surface area (Å²) in [7, 11) is 0. The van der Waals surface area contributed by atoms with Crippen LogP contribution in [0.5, 0.6) is 11.5 Å². The largest absolute Gasteiger partial charge is 0.502 e. The van der Waals surface area contributed by atoms with Gasteiger partial charge in [-0.3, -0.25) is 19.2 Å². The molecule has 1 aromatic rings. The molecule has 8 N–H and O–H groups in total. The van der Waals surface area contributed by atoms with Gasteiger partial charge in [-0.2, -0.15) is 0 Å². The van der Waals surface area contributed by atoms with Crippen LogP contribution in [0.15, 0.2) is 43.1 Å². The van der Waals surface area contributed by atoms with E-state index in [0.29, 0.717) is 0 Å². The number of aromatic amines is 1. The van der Waals surface area contributed by atoms with Crippen molar-refractivity contribution in [2.75, 3.05) is 5.32 Å². The molecule has 5 heterocycles. The Morgan fingerprint density at radius 2 is 1.22 bits per heavy atom. The van der Waals surface area contributed by atoms with Crippen LogP contribution in [-0.4, -0.2) is 71.9 Å². The maximum atomic E-state index is 12.2. The molecule has 0 saturated heterocycles. The average molecular weight is 440 g/mol. The Morgan fingerprint density at radius 3 is 1.94 bits per heavy atom. The quantitative estimate of drug-likeness (QED) is 0.205. The number of ketones is 4. The number of aromatic nitrogens is 1. The summed E-state index contributed by atoms with van der Waals surface area (Å²) in [6, 6.07) is 0. The first-order valence-electron chi connectivity index (χ1n) is 8.50. The Hall–Kier alpha value is -5.28. The molecule has 0 atom stereocenters. The Morgan fingerprint density at radius 1 is 0.594 bits per heavy atom. The fourth-order valence-electron chi connectivity index (χ4n) is 2.88. The first kappa shape index (κ1) is 18.7. The minimum atomic E-state index is -1.23. The lowest BCUT2D eigenvalue weighted by Crippen LogP contribution is -2.28. The molecule has 32 heavy (non-hydrogen) atoms. The third kappa shape index (κ3) is 2.49. The molecule has 0 unspecified atom stereocenters. The third-order valence-electron chi connectivity index (χ3n) is 4.46. The Labute approximate surface area is 174 Å². The van der Waals surface area contributed by atoms with Gasteiger partial charge < -0.3 is 41.4 Å². The number of anilines is 1. The summed E-state index contributed by atoms with van der Waals surface area (Å²) >= 11 is 0. The van der Waals surface area contributed by atoms with Gasteiger partial charge in [0.15, 0.2) is 34.9 Å². The number of hydrogen-bond acceptors (Lipinski definition) is 15. The Kier molecular flexibility index (Phi) is 3.58. The number of carbonyl (C=O) groups excluding carboxylic acids is 4. The van der Waals surface area contributed by atoms with E-state index in [1.807, 2.05) is 0 Å². The molecule has 0 aliphatic carbocycles. The average Bonchev–Trinajstić information content (AvgIpc) is 3.37. The molecule has 0 fully saturated rings. The van der Waals surface area contributed by atoms with E-state index in [1.54, 1.807) is 0 Å². The number of hydrogen-bond donors (Lipinski definition) is 8. The molecule has 0 saturated carbocycles. The summed E-state index contributed by atoms with van der Waals surface area (Å²) in [5.74, 6) is -12.5. The highest BCUT2D eigenvalue weighted by Crippen LogP contribution is 2.42. The van der Waals surface area contributed by atoms with Gasteiger partial charge in [-0.1, -0.05) is 0 Å². The maximum Gasteiger partial charge on any atom is 0.274 e. The van der Waals surface area contributed by atoms with Crippen molar-refractivity contribution in [2.45, 2.75) is 0 Å². The molecule has 16 heteroatoms. The van der Waals surface area contributed by atoms with Gasteiger partial charge in [0, 0.05) is 0 Å². The highest BCUT2D eigenvalue weighted by Gasteiger charge is 2.38. The van der Waals surface area contributed by atoms with E-state index in [4.69, 9.17) is 0 Å². The SMILES string of the molecule is O=C1C(=O)C2=NC3=C(O)C(=O)C(=Nc4[nH]c(c(O)c4O)NC4=C(O)C(=O)C(=NC1=N2)N4)N3. The molecule has 160 valence electrons. The normalized spacial score (nSPS) is 20.0. The number of amidine groups is 4. The second kappa shape index (κ2) is 6.11. The molecule has 1 aromatic heterocycles. The highest BCUT2D eigenvalue weighted by molar-refractivity contribution is 6.85. The Balaban J connectivity index is 1.72. The monoisotopic (exact) mass is 440 g/mol. The predicted octanol–water partition coefficient (Wildman–Crippen LogP) is -1.97. The smallest absolute Gasteiger partial charge is 0.274 e. The molecule has 4 aliphatic heterocycles. The van der Waals surface area contributed by atoms with E-state index in [0.717, 1.165) is 0 Å². The standard InChI is InChI=1S/C16H8N8O8/c25-1-2(26)10-17-9(1)21-11-3(27)4(28)13(18-11)23-15-7(31)8(32)16(20-15)24-14-6(30)5(29)12(19-14)22-10/h17,25-26H,(H,27,28)(H,29,30)(H3,18,19,20,21,22,23,24). The van der Waals surface area contributed by atoms with Gasteiger partial charge in [0.25, 0.3) is 23.1 Å². The van der Waals surface area contributed by atoms with Crippen LogP contribution in [0.3, 0.4) is 0 Å². The van der Waals surface area contributed by atoms with Crippen LogP contribution in [-0.2, 0) is 19.2 Å². The number of aliphatic hydroxyl groups is 2. The number of H-pyrrole nitrogens is 1. The van der Waals surface area contributed by atoms with E-state index in [9.17, 15) is 39.6 Å². The van der Waals surface area contributed by atoms with Gasteiger partial charge in [-0.15, -0.1) is 0 Å². The van der Waals surface area contributed by atoms with Crippen LogP contribution in [0.25, 0.3) is 0 Å². The van der Waals surface area contributed by atoms with Crippen molar-refractivity contribution in [2.24, 2.45) is 20.0 Å². The van der Waals surface area contributed by atoms with E-state index in [2.05, 4.69) is 40.9 Å². The molecule has 8 bridgehead atoms. The second-order valence-corrected chi connectivity index (χ2v) is 6.45. The molecule has 5 rings (SSSR count). The lowest BCUT2D eigenvalue weighted by atomic mass is 10.2. The van der Waals surface area contributed by atoms with Crippen molar-refractivity contribution < 1.29 is 39.6 Å². The van der Waals surface area contributed by atoms with Crippen molar-refractivity contribution in [3.63, 3.8) is 0 Å². The summed E-state index contributed by atoms with van der Waals surface area (Å²) in [6.07, 6.45) is 0. The van der Waals surface area contributed by atoms with Crippen molar-refractivity contribution in [1.29, 1.82) is 0 Å². The number of fused-ring (bicyclic) bond motifs is 7. The van der Waals surface area contributed by atoms with Gasteiger partial charge in [0.1, 0.15) is 0 Å². The molecular formula is C16H8N8O8. The fourth-order valence-corrected chi connectivity index (χ4v) is 2.88. The summed E-state index contributed by atoms with van der Waals surface area (Å²) in [5.41, 5.74) is 0. The highest BCUT2D eigenvalue weighted by atomic mass is 16.3. The van der Waals surface area contributed by atoms with Gasteiger partial charge in [-0.05, 0) is 0 Å². The van der Waals surface area contributed by atoms with Crippen LogP contribution in [0.1, 0.15) is 0 Å². The number of rotatable bonds is 0. The molecule has 4 aliphatic rings. The van der Waals surface area contributed by atoms with E-state index in [-0.39, 0.29) is 5.82 Å². The van der Waals surface area contributed by atoms with Gasteiger partial charge in [0.2, 0.25) is 34.7 Å². The number of Topliss-reactive ketones (excluding diaryl/α,β-unsaturated/α-hetero) is 4. The van der Waals surface area contributed by atoms with Crippen molar-refractivity contribution in [3.8, 4) is 11.5 Å². The zero-order chi connectivity index (χ0) is 22.9. The predicted molar refractivity (Wildman–Crippen MR) is 103 cm³/mol. The van der Waals surface area contributed by atoms with Crippen molar-refractivity contribution in [1.82, 2.24) is 15.6 Å². The minimum Gasteiger partial charge on any atom is -0.502 e. The second-order valence-electron chi connectivity index (χ2n) is 6.45. The lowest BCUT2D eigenvalue weighted by molar-refractivity contribution is -0.128. The van der Waals surface area contributed by atoms with Crippen LogP contribution < -0.4 is 16.0 Å². The van der Waals surface area contributed by atoms with Crippen molar-refractivity contribution in [3.05, 3.63) is 23.2 Å². The number of aromatic hydroxyl groups is 2. The van der Waals surface area contributed by atoms with E-state index < -0.39 is 87.0 Å². The summed E-state index contributed by atoms with van der Waals surface area (Å²) < 4.78 is 0. The Bertz CT molecular complexity index is 1400. The van der Waals surface area contributed by atoms with Crippen LogP contribution in [0, 0.1) is 0 Å². The van der Waals surface area contributed by atoms with E-state index in [1.165, 1.54) is 0 Å². The number of aliphatic hydroxyl groups excluding tert-OH is 2. The van der Waals surface area contributed by atoms with Gasteiger partial charge >= 0.3 is 0 Å². The molecular weight excluding hydrogens is 432 g/mol. The number of carbonyl (C=O) groups is 4. The molecule has 0 aromatic carbocycles. The lowest BCUT2D eigenvalue weighted by Gasteiger charge is -2.06. The summed E-state index contributed by atoms with van der Waals surface area (Å²) in [5, 5.41) is 47.3. The van der Waals surface area contributed by atoms with Crippen LogP contribution in [0.2, 0.25) is 0 Å². The zero-order valence-corrected chi connectivity index (χ0v) is 15.2.